The number of carbonyl (C=O) groups excluding carboxylic acids is 1. The van der Waals surface area contributed by atoms with Crippen LogP contribution in [0, 0.1) is 0 Å². The number of nitrogens with zero attached hydrogens (tertiary/aromatic N) is 2. The molecular weight excluding hydrogens is 948 g/mol. The van der Waals surface area contributed by atoms with Gasteiger partial charge < -0.3 is 29.4 Å². The van der Waals surface area contributed by atoms with Gasteiger partial charge in [-0.3, -0.25) is 4.55 Å². The molecule has 0 spiro atoms. The van der Waals surface area contributed by atoms with Crippen molar-refractivity contribution in [3.05, 3.63) is 72.8 Å². The molecule has 0 fully saturated rings. The number of rotatable bonds is 11. The maximum atomic E-state index is 13.9. The fraction of sp³-hybridized carbons (Fsp3) is 0.0690. The fourth-order valence-corrected chi connectivity index (χ4v) is 9.54. The Labute approximate surface area is 430 Å². The number of benzene rings is 5. The maximum Gasteiger partial charge on any atom is 1.00 e. The van der Waals surface area contributed by atoms with Crippen molar-refractivity contribution in [2.75, 3.05) is 22.3 Å². The summed E-state index contributed by atoms with van der Waals surface area (Å²) >= 11 is 5.54. The van der Waals surface area contributed by atoms with Crippen LogP contribution in [0.3, 0.4) is 0 Å². The van der Waals surface area contributed by atoms with E-state index in [0.717, 1.165) is 36.4 Å². The quantitative estimate of drug-likeness (QED) is 0.0479. The van der Waals surface area contributed by atoms with Gasteiger partial charge in [-0.1, -0.05) is 30.0 Å². The summed E-state index contributed by atoms with van der Waals surface area (Å²) in [6.07, 6.45) is 0. The number of anilines is 2. The van der Waals surface area contributed by atoms with E-state index in [9.17, 15) is 70.2 Å². The van der Waals surface area contributed by atoms with Gasteiger partial charge in [-0.2, -0.15) is 8.42 Å². The largest absolute Gasteiger partial charge is 1.00 e. The number of urea groups is 1. The van der Waals surface area contributed by atoms with E-state index in [1.165, 1.54) is 18.2 Å². The van der Waals surface area contributed by atoms with E-state index < -0.39 is 126 Å². The molecule has 0 aliphatic carbocycles. The Morgan fingerprint density at radius 3 is 1.85 bits per heavy atom. The van der Waals surface area contributed by atoms with Crippen LogP contribution in [-0.2, 0) is 50.3 Å². The van der Waals surface area contributed by atoms with Gasteiger partial charge in [0, 0.05) is 22.3 Å². The van der Waals surface area contributed by atoms with Crippen LogP contribution in [0.4, 0.5) is 27.5 Å². The zero-order valence-electron chi connectivity index (χ0n) is 30.7. The first-order valence-electron chi connectivity index (χ1n) is 14.4. The van der Waals surface area contributed by atoms with Crippen LogP contribution in [0.25, 0.3) is 21.5 Å². The van der Waals surface area contributed by atoms with E-state index >= 15 is 0 Å². The predicted octanol–water partition coefficient (Wildman–Crippen LogP) is -8.89. The minimum absolute atomic E-state index is 0. The molecule has 2 amide bonds. The summed E-state index contributed by atoms with van der Waals surface area (Å²) in [5.41, 5.74) is -3.16. The first-order chi connectivity index (χ1) is 25.3. The second-order valence-electron chi connectivity index (χ2n) is 11.0. The topological polar surface area (TPSA) is 349 Å². The monoisotopic (exact) mass is 966 g/mol. The first-order valence-corrected chi connectivity index (χ1v) is 22.3. The SMILES string of the molecule is O=C(Nc1cccc(S(=O)(=O)CCCl)c1)Nc1cc(S(=O)(=O)[O-])cc2cc(S(=O)(=O)[O-])c(N=Nc3ccc4c(S(=O)(=O)[O-])cccc4c3S(=O)(=O)O)c([O-])c12.[Na+].[Na+].[Na+].[Na+]. The second-order valence-corrected chi connectivity index (χ2v) is 19.0. The van der Waals surface area contributed by atoms with Gasteiger partial charge in [0.05, 0.1) is 36.7 Å². The van der Waals surface area contributed by atoms with Gasteiger partial charge in [-0.25, -0.2) is 38.5 Å². The normalized spacial score (nSPS) is 12.2. The van der Waals surface area contributed by atoms with Gasteiger partial charge in [0.2, 0.25) is 0 Å². The van der Waals surface area contributed by atoms with Crippen LogP contribution in [0.2, 0.25) is 0 Å². The first kappa shape index (κ1) is 56.2. The molecule has 0 saturated carbocycles. The number of amides is 2. The zero-order valence-corrected chi connectivity index (χ0v) is 43.6. The third-order valence-electron chi connectivity index (χ3n) is 7.44. The molecule has 0 unspecified atom stereocenters. The van der Waals surface area contributed by atoms with Gasteiger partial charge in [0.15, 0.2) is 9.84 Å². The second kappa shape index (κ2) is 21.2. The minimum Gasteiger partial charge on any atom is -0.870 e. The van der Waals surface area contributed by atoms with Crippen molar-refractivity contribution in [1.82, 2.24) is 0 Å². The molecule has 0 atom stereocenters. The van der Waals surface area contributed by atoms with Crippen molar-refractivity contribution in [1.29, 1.82) is 0 Å². The van der Waals surface area contributed by atoms with Crippen molar-refractivity contribution in [3.63, 3.8) is 0 Å². The molecular formula is C29H19ClN4Na4O16S5. The molecule has 292 valence electrons. The Balaban J connectivity index is 0.00000435. The van der Waals surface area contributed by atoms with Crippen LogP contribution in [-0.4, -0.2) is 78.0 Å². The predicted molar refractivity (Wildman–Crippen MR) is 187 cm³/mol. The molecule has 3 N–H and O–H groups in total. The summed E-state index contributed by atoms with van der Waals surface area (Å²) < 4.78 is 168. The number of fused-ring (bicyclic) bond motifs is 2. The standard InChI is InChI=1S/C29H23ClN4O16S5.4Na/c30-9-10-51(37,38)17-4-1-3-16(13-17)31-29(36)32-22-14-18(52(39,40)41)11-15-12-24(54(45,46)47)26(27(35)25(15)22)34-33-21-8-7-19-20(28(21)55(48,49)50)5-2-6-23(19)53(42,43)44;;;;/h1-8,11-14,35H,9-10H2,(H2,31,32,36)(H,39,40,41)(H,42,43,44)(H,45,46,47)(H,48,49,50);;;;/q;4*+1/p-4. The molecule has 0 aliphatic heterocycles. The number of hydrogen-bond acceptors (Lipinski definition) is 17. The number of azo groups is 1. The number of hydrogen-bond donors (Lipinski definition) is 3. The number of sulfone groups is 1. The molecule has 5 rings (SSSR count). The molecule has 0 heterocycles. The van der Waals surface area contributed by atoms with E-state index in [1.54, 1.807) is 0 Å². The number of carbonyl (C=O) groups is 1. The summed E-state index contributed by atoms with van der Waals surface area (Å²) in [5.74, 6) is -2.27. The van der Waals surface area contributed by atoms with Crippen molar-refractivity contribution in [3.8, 4) is 5.75 Å². The Hall–Kier alpha value is -0.830. The average Bonchev–Trinajstić information content (AvgIpc) is 3.05. The van der Waals surface area contributed by atoms with E-state index in [2.05, 4.69) is 20.9 Å². The minimum atomic E-state index is -5.75. The molecule has 0 saturated heterocycles. The van der Waals surface area contributed by atoms with E-state index in [-0.39, 0.29) is 135 Å². The van der Waals surface area contributed by atoms with Gasteiger partial charge in [0.25, 0.3) is 10.1 Å². The maximum absolute atomic E-state index is 13.9. The molecule has 30 heteroatoms. The van der Waals surface area contributed by atoms with Gasteiger partial charge in [-0.05, 0) is 59.3 Å². The Morgan fingerprint density at radius 1 is 0.678 bits per heavy atom. The van der Waals surface area contributed by atoms with Crippen molar-refractivity contribution in [2.24, 2.45) is 10.2 Å². The van der Waals surface area contributed by atoms with E-state index in [0.29, 0.717) is 18.2 Å². The summed E-state index contributed by atoms with van der Waals surface area (Å²) in [6.45, 7) is 0. The van der Waals surface area contributed by atoms with Crippen LogP contribution in [0.1, 0.15) is 0 Å². The van der Waals surface area contributed by atoms with E-state index in [1.807, 2.05) is 0 Å². The molecule has 59 heavy (non-hydrogen) atoms. The van der Waals surface area contributed by atoms with Crippen LogP contribution < -0.4 is 134 Å². The molecule has 5 aromatic carbocycles. The average molecular weight is 967 g/mol. The Bertz CT molecular complexity index is 3070. The van der Waals surface area contributed by atoms with Crippen LogP contribution >= 0.6 is 11.6 Å². The van der Waals surface area contributed by atoms with Gasteiger partial charge in [-0.15, -0.1) is 21.8 Å². The van der Waals surface area contributed by atoms with Crippen molar-refractivity contribution >= 4 is 112 Å². The molecule has 0 radical (unpaired) electrons. The third-order valence-corrected chi connectivity index (χ3v) is 13.1. The summed E-state index contributed by atoms with van der Waals surface area (Å²) in [5, 5.41) is 22.6. The van der Waals surface area contributed by atoms with Crippen LogP contribution in [0.15, 0.2) is 108 Å². The zero-order chi connectivity index (χ0) is 40.9. The molecule has 0 aromatic heterocycles. The van der Waals surface area contributed by atoms with Gasteiger partial charge in [0.1, 0.15) is 40.9 Å². The summed E-state index contributed by atoms with van der Waals surface area (Å²) in [4.78, 5) is 8.16. The fourth-order valence-electron chi connectivity index (χ4n) is 5.21. The third kappa shape index (κ3) is 13.1. The van der Waals surface area contributed by atoms with Crippen molar-refractivity contribution in [2.45, 2.75) is 24.5 Å². The van der Waals surface area contributed by atoms with Crippen LogP contribution in [0.5, 0.6) is 5.75 Å². The number of halogens is 1. The summed E-state index contributed by atoms with van der Waals surface area (Å²) in [7, 11) is -25.6. The molecule has 20 nitrogen and oxygen atoms in total. The van der Waals surface area contributed by atoms with E-state index in [4.69, 9.17) is 11.6 Å². The Kier molecular flexibility index (Phi) is 20.2. The van der Waals surface area contributed by atoms with Crippen molar-refractivity contribution < 1.29 is 188 Å². The number of nitrogens with one attached hydrogen (secondary N) is 2. The molecule has 0 bridgehead atoms. The molecule has 5 aromatic rings. The summed E-state index contributed by atoms with van der Waals surface area (Å²) in [6, 6.07) is 9.23. The molecule has 0 aliphatic rings. The van der Waals surface area contributed by atoms with Gasteiger partial charge >= 0.3 is 124 Å². The smallest absolute Gasteiger partial charge is 0.870 e. The number of alkyl halides is 1. The Morgan fingerprint density at radius 2 is 1.29 bits per heavy atom.